The summed E-state index contributed by atoms with van der Waals surface area (Å²) in [5.74, 6) is -1.47. The maximum atomic E-state index is 12.6. The number of amides is 2. The Morgan fingerprint density at radius 1 is 1.21 bits per heavy atom. The lowest BCUT2D eigenvalue weighted by atomic mass is 10.1. The fourth-order valence-electron chi connectivity index (χ4n) is 2.82. The molecule has 0 unspecified atom stereocenters. The van der Waals surface area contributed by atoms with Crippen molar-refractivity contribution in [3.05, 3.63) is 61.0 Å². The van der Waals surface area contributed by atoms with Gasteiger partial charge in [-0.1, -0.05) is 23.7 Å². The van der Waals surface area contributed by atoms with Gasteiger partial charge in [-0.25, -0.2) is 4.79 Å². The maximum Gasteiger partial charge on any atom is 0.345 e. The van der Waals surface area contributed by atoms with Crippen LogP contribution < -0.4 is 9.47 Å². The van der Waals surface area contributed by atoms with Gasteiger partial charge in [-0.2, -0.15) is 0 Å². The molecule has 1 aliphatic rings. The molecule has 33 heavy (non-hydrogen) atoms. The SMILES string of the molecule is CCOC(=O)CN1C(=O)S/C(=C\c2cc(I)c(OC(=O)c3ccccc3Cl)c(OC)c2)C1=O. The summed E-state index contributed by atoms with van der Waals surface area (Å²) >= 11 is 8.76. The van der Waals surface area contributed by atoms with Gasteiger partial charge in [0.15, 0.2) is 11.5 Å². The number of nitrogens with zero attached hydrogens (tertiary/aromatic N) is 1. The summed E-state index contributed by atoms with van der Waals surface area (Å²) in [7, 11) is 1.41. The van der Waals surface area contributed by atoms with E-state index in [9.17, 15) is 19.2 Å². The highest BCUT2D eigenvalue weighted by atomic mass is 127. The number of halogens is 2. The molecule has 0 bridgehead atoms. The smallest absolute Gasteiger partial charge is 0.345 e. The lowest BCUT2D eigenvalue weighted by Gasteiger charge is -2.13. The minimum atomic E-state index is -0.665. The second kappa shape index (κ2) is 11.0. The van der Waals surface area contributed by atoms with Crippen molar-refractivity contribution in [3.63, 3.8) is 0 Å². The van der Waals surface area contributed by atoms with Gasteiger partial charge in [0.2, 0.25) is 0 Å². The van der Waals surface area contributed by atoms with Crippen LogP contribution in [-0.4, -0.2) is 48.2 Å². The fourth-order valence-corrected chi connectivity index (χ4v) is 4.61. The average Bonchev–Trinajstić information content (AvgIpc) is 3.03. The van der Waals surface area contributed by atoms with Crippen molar-refractivity contribution < 1.29 is 33.4 Å². The number of benzene rings is 2. The first-order valence-corrected chi connectivity index (χ1v) is 11.8. The molecule has 2 aromatic rings. The van der Waals surface area contributed by atoms with E-state index >= 15 is 0 Å². The predicted octanol–water partition coefficient (Wildman–Crippen LogP) is 4.77. The van der Waals surface area contributed by atoms with E-state index in [0.717, 1.165) is 16.7 Å². The molecule has 0 atom stereocenters. The van der Waals surface area contributed by atoms with E-state index in [1.165, 1.54) is 13.2 Å². The minimum Gasteiger partial charge on any atom is -0.493 e. The van der Waals surface area contributed by atoms with Crippen LogP contribution in [0.25, 0.3) is 6.08 Å². The molecular weight excluding hydrogens is 585 g/mol. The largest absolute Gasteiger partial charge is 0.493 e. The van der Waals surface area contributed by atoms with Crippen LogP contribution in [0.1, 0.15) is 22.8 Å². The lowest BCUT2D eigenvalue weighted by molar-refractivity contribution is -0.145. The van der Waals surface area contributed by atoms with Crippen LogP contribution in [0.4, 0.5) is 4.79 Å². The van der Waals surface area contributed by atoms with Crippen molar-refractivity contribution in [2.45, 2.75) is 6.92 Å². The van der Waals surface area contributed by atoms with Gasteiger partial charge >= 0.3 is 11.9 Å². The molecule has 0 aromatic heterocycles. The van der Waals surface area contributed by atoms with Crippen molar-refractivity contribution in [1.29, 1.82) is 0 Å². The van der Waals surface area contributed by atoms with Gasteiger partial charge < -0.3 is 14.2 Å². The molecule has 11 heteroatoms. The van der Waals surface area contributed by atoms with Crippen LogP contribution >= 0.6 is 46.0 Å². The highest BCUT2D eigenvalue weighted by Crippen LogP contribution is 2.38. The highest BCUT2D eigenvalue weighted by Gasteiger charge is 2.36. The molecular formula is C22H17ClINO7S. The number of rotatable bonds is 7. The summed E-state index contributed by atoms with van der Waals surface area (Å²) in [6, 6.07) is 9.73. The summed E-state index contributed by atoms with van der Waals surface area (Å²) in [4.78, 5) is 50.0. The Labute approximate surface area is 212 Å². The first kappa shape index (κ1) is 25.1. The number of hydrogen-bond acceptors (Lipinski definition) is 8. The predicted molar refractivity (Wildman–Crippen MR) is 131 cm³/mol. The number of carbonyl (C=O) groups is 4. The molecule has 0 saturated carbocycles. The molecule has 1 saturated heterocycles. The zero-order valence-electron chi connectivity index (χ0n) is 17.4. The van der Waals surface area contributed by atoms with Crippen molar-refractivity contribution in [2.75, 3.05) is 20.3 Å². The molecule has 0 aliphatic carbocycles. The molecule has 2 aromatic carbocycles. The van der Waals surface area contributed by atoms with Crippen LogP contribution in [0.5, 0.6) is 11.5 Å². The molecule has 172 valence electrons. The first-order valence-electron chi connectivity index (χ1n) is 9.50. The molecule has 1 fully saturated rings. The van der Waals surface area contributed by atoms with E-state index in [-0.39, 0.29) is 33.6 Å². The van der Waals surface area contributed by atoms with Gasteiger partial charge in [-0.3, -0.25) is 19.3 Å². The van der Waals surface area contributed by atoms with Crippen molar-refractivity contribution in [1.82, 2.24) is 4.90 Å². The Hall–Kier alpha value is -2.57. The Morgan fingerprint density at radius 2 is 1.94 bits per heavy atom. The Kier molecular flexibility index (Phi) is 8.38. The molecule has 8 nitrogen and oxygen atoms in total. The number of thioether (sulfide) groups is 1. The highest BCUT2D eigenvalue weighted by molar-refractivity contribution is 14.1. The third-order valence-electron chi connectivity index (χ3n) is 4.30. The van der Waals surface area contributed by atoms with Crippen molar-refractivity contribution >= 4 is 75.1 Å². The summed E-state index contributed by atoms with van der Waals surface area (Å²) < 4.78 is 16.2. The van der Waals surface area contributed by atoms with Gasteiger partial charge in [0.1, 0.15) is 6.54 Å². The third-order valence-corrected chi connectivity index (χ3v) is 6.34. The van der Waals surface area contributed by atoms with Crippen LogP contribution in [-0.2, 0) is 14.3 Å². The Morgan fingerprint density at radius 3 is 2.61 bits per heavy atom. The zero-order chi connectivity index (χ0) is 24.1. The lowest BCUT2D eigenvalue weighted by Crippen LogP contribution is -2.34. The molecule has 3 rings (SSSR count). The molecule has 2 amide bonds. The molecule has 0 radical (unpaired) electrons. The van der Waals surface area contributed by atoms with E-state index in [1.54, 1.807) is 43.3 Å². The number of ether oxygens (including phenoxy) is 3. The Balaban J connectivity index is 1.85. The first-order chi connectivity index (χ1) is 15.7. The Bertz CT molecular complexity index is 1170. The normalized spacial score (nSPS) is 14.5. The average molecular weight is 602 g/mol. The van der Waals surface area contributed by atoms with Crippen LogP contribution in [0, 0.1) is 3.57 Å². The topological polar surface area (TPSA) is 99.2 Å². The van der Waals surface area contributed by atoms with Gasteiger partial charge in [0.25, 0.3) is 11.1 Å². The number of hydrogen-bond donors (Lipinski definition) is 0. The monoisotopic (exact) mass is 601 g/mol. The van der Waals surface area contributed by atoms with E-state index in [0.29, 0.717) is 9.13 Å². The zero-order valence-corrected chi connectivity index (χ0v) is 21.2. The summed E-state index contributed by atoms with van der Waals surface area (Å²) in [5, 5.41) is -0.308. The summed E-state index contributed by atoms with van der Waals surface area (Å²) in [5.41, 5.74) is 0.742. The molecule has 0 spiro atoms. The number of carbonyl (C=O) groups excluding carboxylic acids is 4. The minimum absolute atomic E-state index is 0.142. The maximum absolute atomic E-state index is 12.6. The standard InChI is InChI=1S/C22H17ClINO7S/c1-3-31-18(26)11-25-20(27)17(33-22(25)29)10-12-8-15(24)19(16(9-12)30-2)32-21(28)13-6-4-5-7-14(13)23/h4-10H,3,11H2,1-2H3/b17-10-. The van der Waals surface area contributed by atoms with Gasteiger partial charge in [-0.05, 0) is 77.2 Å². The molecule has 1 aliphatic heterocycles. The summed E-state index contributed by atoms with van der Waals surface area (Å²) in [6.07, 6.45) is 1.50. The van der Waals surface area contributed by atoms with Gasteiger partial charge in [0.05, 0.1) is 32.8 Å². The van der Waals surface area contributed by atoms with Crippen LogP contribution in [0.15, 0.2) is 41.3 Å². The van der Waals surface area contributed by atoms with Gasteiger partial charge in [0, 0.05) is 0 Å². The summed E-state index contributed by atoms with van der Waals surface area (Å²) in [6.45, 7) is 1.33. The van der Waals surface area contributed by atoms with Crippen molar-refractivity contribution in [2.24, 2.45) is 0 Å². The molecule has 0 N–H and O–H groups in total. The van der Waals surface area contributed by atoms with E-state index in [4.69, 9.17) is 25.8 Å². The van der Waals surface area contributed by atoms with E-state index in [1.807, 2.05) is 22.6 Å². The molecule has 1 heterocycles. The number of esters is 2. The van der Waals surface area contributed by atoms with E-state index in [2.05, 4.69) is 0 Å². The number of imide groups is 1. The van der Waals surface area contributed by atoms with Crippen LogP contribution in [0.3, 0.4) is 0 Å². The van der Waals surface area contributed by atoms with Gasteiger partial charge in [-0.15, -0.1) is 0 Å². The second-order valence-corrected chi connectivity index (χ2v) is 9.04. The fraction of sp³-hybridized carbons (Fsp3) is 0.182. The second-order valence-electron chi connectivity index (χ2n) is 6.48. The van der Waals surface area contributed by atoms with Crippen LogP contribution in [0.2, 0.25) is 5.02 Å². The van der Waals surface area contributed by atoms with E-state index < -0.39 is 29.6 Å². The quantitative estimate of drug-likeness (QED) is 0.194. The number of methoxy groups -OCH3 is 1. The third kappa shape index (κ3) is 5.87. The van der Waals surface area contributed by atoms with Crippen molar-refractivity contribution in [3.8, 4) is 11.5 Å².